The molecule has 0 aliphatic heterocycles. The monoisotopic (exact) mass is 314 g/mol. The standard InChI is InChI=1S/C11H15BrN4O2/c1-3-18-10-8(12)4-7(5-9(10)17-2)6-15-16-11(13)14/h4-6H,3H2,1-2H3,(H4,13,14,16)/b15-6-. The summed E-state index contributed by atoms with van der Waals surface area (Å²) in [5, 5.41) is 7.25. The molecule has 0 fully saturated rings. The molecule has 18 heavy (non-hydrogen) atoms. The van der Waals surface area contributed by atoms with E-state index in [1.807, 2.05) is 13.0 Å². The van der Waals surface area contributed by atoms with E-state index in [9.17, 15) is 0 Å². The number of nitrogens with zero attached hydrogens (tertiary/aromatic N) is 2. The summed E-state index contributed by atoms with van der Waals surface area (Å²) >= 11 is 3.41. The van der Waals surface area contributed by atoms with E-state index in [0.29, 0.717) is 18.1 Å². The van der Waals surface area contributed by atoms with E-state index in [2.05, 4.69) is 26.1 Å². The molecule has 0 aliphatic rings. The quantitative estimate of drug-likeness (QED) is 0.488. The SMILES string of the molecule is CCOc1c(Br)cc(/C=N\N=C(N)N)cc1OC. The normalized spacial score (nSPS) is 10.4. The van der Waals surface area contributed by atoms with Gasteiger partial charge in [-0.2, -0.15) is 5.10 Å². The van der Waals surface area contributed by atoms with Gasteiger partial charge in [0.1, 0.15) is 0 Å². The summed E-state index contributed by atoms with van der Waals surface area (Å²) in [5.74, 6) is 1.17. The Hall–Kier alpha value is -1.76. The van der Waals surface area contributed by atoms with Crippen LogP contribution in [-0.4, -0.2) is 25.9 Å². The lowest BCUT2D eigenvalue weighted by atomic mass is 10.2. The van der Waals surface area contributed by atoms with E-state index in [1.165, 1.54) is 6.21 Å². The maximum absolute atomic E-state index is 5.47. The second-order valence-corrected chi connectivity index (χ2v) is 4.09. The Morgan fingerprint density at radius 1 is 1.44 bits per heavy atom. The highest BCUT2D eigenvalue weighted by molar-refractivity contribution is 9.10. The molecular formula is C11H15BrN4O2. The molecule has 0 saturated heterocycles. The van der Waals surface area contributed by atoms with Crippen LogP contribution >= 0.6 is 15.9 Å². The minimum atomic E-state index is -0.0942. The molecule has 1 aromatic carbocycles. The van der Waals surface area contributed by atoms with Gasteiger partial charge in [-0.15, -0.1) is 5.10 Å². The fourth-order valence-electron chi connectivity index (χ4n) is 1.26. The molecule has 0 amide bonds. The lowest BCUT2D eigenvalue weighted by Gasteiger charge is -2.11. The van der Waals surface area contributed by atoms with Gasteiger partial charge in [0.2, 0.25) is 5.96 Å². The topological polar surface area (TPSA) is 95.2 Å². The van der Waals surface area contributed by atoms with E-state index in [4.69, 9.17) is 20.9 Å². The average Bonchev–Trinajstić information content (AvgIpc) is 2.31. The van der Waals surface area contributed by atoms with Gasteiger partial charge in [-0.05, 0) is 40.5 Å². The summed E-state index contributed by atoms with van der Waals surface area (Å²) in [6.45, 7) is 2.45. The van der Waals surface area contributed by atoms with E-state index in [-0.39, 0.29) is 5.96 Å². The van der Waals surface area contributed by atoms with Crippen LogP contribution in [0.1, 0.15) is 12.5 Å². The Balaban J connectivity index is 3.06. The summed E-state index contributed by atoms with van der Waals surface area (Å²) in [6, 6.07) is 3.61. The molecule has 0 unspecified atom stereocenters. The van der Waals surface area contributed by atoms with E-state index < -0.39 is 0 Å². The van der Waals surface area contributed by atoms with Gasteiger partial charge in [0.25, 0.3) is 0 Å². The Kier molecular flexibility index (Phi) is 5.44. The average molecular weight is 315 g/mol. The highest BCUT2D eigenvalue weighted by Gasteiger charge is 2.10. The molecule has 1 aromatic rings. The van der Waals surface area contributed by atoms with Crippen molar-refractivity contribution >= 4 is 28.1 Å². The van der Waals surface area contributed by atoms with E-state index in [0.717, 1.165) is 10.0 Å². The fourth-order valence-corrected chi connectivity index (χ4v) is 1.84. The number of methoxy groups -OCH3 is 1. The molecule has 0 spiro atoms. The van der Waals surface area contributed by atoms with Crippen molar-refractivity contribution in [3.63, 3.8) is 0 Å². The van der Waals surface area contributed by atoms with Gasteiger partial charge in [-0.1, -0.05) is 0 Å². The molecular weight excluding hydrogens is 300 g/mol. The number of halogens is 1. The Bertz CT molecular complexity index is 470. The van der Waals surface area contributed by atoms with Crippen LogP contribution in [0, 0.1) is 0 Å². The van der Waals surface area contributed by atoms with Gasteiger partial charge >= 0.3 is 0 Å². The van der Waals surface area contributed by atoms with Crippen molar-refractivity contribution < 1.29 is 9.47 Å². The van der Waals surface area contributed by atoms with Crippen molar-refractivity contribution in [3.05, 3.63) is 22.2 Å². The predicted molar refractivity (Wildman–Crippen MR) is 75.3 cm³/mol. The molecule has 0 saturated carbocycles. The highest BCUT2D eigenvalue weighted by Crippen LogP contribution is 2.36. The van der Waals surface area contributed by atoms with Gasteiger partial charge in [0, 0.05) is 0 Å². The summed E-state index contributed by atoms with van der Waals surface area (Å²) in [5.41, 5.74) is 11.1. The zero-order chi connectivity index (χ0) is 13.5. The van der Waals surface area contributed by atoms with Crippen LogP contribution in [0.5, 0.6) is 11.5 Å². The zero-order valence-corrected chi connectivity index (χ0v) is 11.8. The minimum Gasteiger partial charge on any atom is -0.493 e. The zero-order valence-electron chi connectivity index (χ0n) is 10.2. The van der Waals surface area contributed by atoms with Crippen molar-refractivity contribution in [3.8, 4) is 11.5 Å². The van der Waals surface area contributed by atoms with Crippen LogP contribution < -0.4 is 20.9 Å². The molecule has 0 atom stereocenters. The molecule has 98 valence electrons. The van der Waals surface area contributed by atoms with Crippen LogP contribution in [0.2, 0.25) is 0 Å². The van der Waals surface area contributed by atoms with Crippen LogP contribution in [0.4, 0.5) is 0 Å². The van der Waals surface area contributed by atoms with Gasteiger partial charge in [0.05, 0.1) is 24.4 Å². The third kappa shape index (κ3) is 3.92. The number of guanidine groups is 1. The number of rotatable bonds is 5. The minimum absolute atomic E-state index is 0.0942. The molecule has 0 bridgehead atoms. The molecule has 0 heterocycles. The third-order valence-corrected chi connectivity index (χ3v) is 2.51. The largest absolute Gasteiger partial charge is 0.493 e. The summed E-state index contributed by atoms with van der Waals surface area (Å²) in [6.07, 6.45) is 1.52. The number of benzene rings is 1. The van der Waals surface area contributed by atoms with Crippen LogP contribution in [0.15, 0.2) is 26.8 Å². The number of nitrogens with two attached hydrogens (primary N) is 2. The molecule has 1 rings (SSSR count). The highest BCUT2D eigenvalue weighted by atomic mass is 79.9. The maximum atomic E-state index is 5.47. The van der Waals surface area contributed by atoms with Crippen molar-refractivity contribution in [1.29, 1.82) is 0 Å². The first-order valence-electron chi connectivity index (χ1n) is 5.20. The van der Waals surface area contributed by atoms with E-state index >= 15 is 0 Å². The van der Waals surface area contributed by atoms with Crippen molar-refractivity contribution in [2.45, 2.75) is 6.92 Å². The van der Waals surface area contributed by atoms with Crippen molar-refractivity contribution in [1.82, 2.24) is 0 Å². The Morgan fingerprint density at radius 3 is 2.72 bits per heavy atom. The maximum Gasteiger partial charge on any atom is 0.211 e. The summed E-state index contributed by atoms with van der Waals surface area (Å²) in [7, 11) is 1.57. The Morgan fingerprint density at radius 2 is 2.17 bits per heavy atom. The second-order valence-electron chi connectivity index (χ2n) is 3.24. The third-order valence-electron chi connectivity index (χ3n) is 1.92. The van der Waals surface area contributed by atoms with Crippen LogP contribution in [0.3, 0.4) is 0 Å². The van der Waals surface area contributed by atoms with E-state index in [1.54, 1.807) is 13.2 Å². The number of ether oxygens (including phenoxy) is 2. The second kappa shape index (κ2) is 6.85. The fraction of sp³-hybridized carbons (Fsp3) is 0.273. The predicted octanol–water partition coefficient (Wildman–Crippen LogP) is 1.46. The molecule has 6 nitrogen and oxygen atoms in total. The first-order chi connectivity index (χ1) is 8.58. The number of hydrogen-bond donors (Lipinski definition) is 2. The van der Waals surface area contributed by atoms with Gasteiger partial charge in [-0.25, -0.2) is 0 Å². The van der Waals surface area contributed by atoms with Crippen LogP contribution in [-0.2, 0) is 0 Å². The number of hydrogen-bond acceptors (Lipinski definition) is 4. The van der Waals surface area contributed by atoms with Gasteiger partial charge < -0.3 is 20.9 Å². The molecule has 0 radical (unpaired) electrons. The first kappa shape index (κ1) is 14.3. The molecule has 0 aromatic heterocycles. The smallest absolute Gasteiger partial charge is 0.211 e. The summed E-state index contributed by atoms with van der Waals surface area (Å²) in [4.78, 5) is 0. The van der Waals surface area contributed by atoms with Gasteiger partial charge in [-0.3, -0.25) is 0 Å². The molecule has 0 aliphatic carbocycles. The summed E-state index contributed by atoms with van der Waals surface area (Å²) < 4.78 is 11.5. The van der Waals surface area contributed by atoms with Crippen molar-refractivity contribution in [2.24, 2.45) is 21.7 Å². The first-order valence-corrected chi connectivity index (χ1v) is 6.00. The lowest BCUT2D eigenvalue weighted by Crippen LogP contribution is -2.21. The Labute approximate surface area is 114 Å². The molecule has 4 N–H and O–H groups in total. The van der Waals surface area contributed by atoms with Gasteiger partial charge in [0.15, 0.2) is 11.5 Å². The molecule has 7 heteroatoms. The van der Waals surface area contributed by atoms with Crippen molar-refractivity contribution in [2.75, 3.05) is 13.7 Å². The lowest BCUT2D eigenvalue weighted by molar-refractivity contribution is 0.309. The van der Waals surface area contributed by atoms with Crippen LogP contribution in [0.25, 0.3) is 0 Å².